The van der Waals surface area contributed by atoms with Crippen LogP contribution in [0.15, 0.2) is 29.3 Å². The zero-order chi connectivity index (χ0) is 11.6. The summed E-state index contributed by atoms with van der Waals surface area (Å²) in [5, 5.41) is 4.49. The molecule has 0 fully saturated rings. The van der Waals surface area contributed by atoms with Crippen LogP contribution in [0.3, 0.4) is 0 Å². The molecule has 1 aromatic rings. The predicted molar refractivity (Wildman–Crippen MR) is 68.9 cm³/mol. The molecule has 0 radical (unpaired) electrons. The van der Waals surface area contributed by atoms with Crippen LogP contribution in [0.25, 0.3) is 0 Å². The van der Waals surface area contributed by atoms with E-state index in [0.29, 0.717) is 0 Å². The average Bonchev–Trinajstić information content (AvgIpc) is 2.75. The molecule has 0 bridgehead atoms. The fraction of sp³-hybridized carbons (Fsp3) is 0.417. The Morgan fingerprint density at radius 3 is 2.56 bits per heavy atom. The van der Waals surface area contributed by atoms with Crippen molar-refractivity contribution in [3.05, 3.63) is 30.1 Å². The van der Waals surface area contributed by atoms with Gasteiger partial charge in [-0.1, -0.05) is 0 Å². The molecule has 1 heterocycles. The first-order valence-corrected chi connectivity index (χ1v) is 6.28. The summed E-state index contributed by atoms with van der Waals surface area (Å²) in [6.45, 7) is 5.08. The van der Waals surface area contributed by atoms with Crippen LogP contribution in [0.1, 0.15) is 13.8 Å². The fourth-order valence-electron chi connectivity index (χ4n) is 1.66. The molecule has 0 saturated heterocycles. The summed E-state index contributed by atoms with van der Waals surface area (Å²) < 4.78 is 12.8. The molecule has 2 nitrogen and oxygen atoms in total. The lowest BCUT2D eigenvalue weighted by atomic mass is 10.1. The van der Waals surface area contributed by atoms with Gasteiger partial charge in [0, 0.05) is 18.0 Å². The van der Waals surface area contributed by atoms with Crippen molar-refractivity contribution >= 4 is 22.5 Å². The van der Waals surface area contributed by atoms with E-state index in [-0.39, 0.29) is 11.4 Å². The number of aliphatic imine (C=N–C) groups is 1. The van der Waals surface area contributed by atoms with Crippen LogP contribution in [0.4, 0.5) is 10.1 Å². The van der Waals surface area contributed by atoms with E-state index in [9.17, 15) is 4.39 Å². The van der Waals surface area contributed by atoms with Crippen LogP contribution in [-0.2, 0) is 0 Å². The normalized spacial score (nSPS) is 16.1. The van der Waals surface area contributed by atoms with Crippen molar-refractivity contribution in [2.75, 3.05) is 17.6 Å². The number of hydrogen-bond acceptors (Lipinski definition) is 3. The van der Waals surface area contributed by atoms with Crippen molar-refractivity contribution in [2.45, 2.75) is 19.4 Å². The van der Waals surface area contributed by atoms with Crippen LogP contribution in [-0.4, -0.2) is 22.9 Å². The van der Waals surface area contributed by atoms with Gasteiger partial charge < -0.3 is 5.32 Å². The Morgan fingerprint density at radius 1 is 1.31 bits per heavy atom. The maximum absolute atomic E-state index is 12.8. The van der Waals surface area contributed by atoms with Crippen LogP contribution in [0.2, 0.25) is 0 Å². The largest absolute Gasteiger partial charge is 0.374 e. The molecular weight excluding hydrogens is 223 g/mol. The Morgan fingerprint density at radius 2 is 2.00 bits per heavy atom. The van der Waals surface area contributed by atoms with Crippen molar-refractivity contribution in [1.29, 1.82) is 0 Å². The molecule has 0 atom stereocenters. The molecule has 1 N–H and O–H groups in total. The molecule has 0 aromatic heterocycles. The van der Waals surface area contributed by atoms with Gasteiger partial charge in [0.2, 0.25) is 0 Å². The smallest absolute Gasteiger partial charge is 0.123 e. The van der Waals surface area contributed by atoms with Gasteiger partial charge in [-0.05, 0) is 38.1 Å². The molecule has 2 rings (SSSR count). The van der Waals surface area contributed by atoms with Gasteiger partial charge in [0.1, 0.15) is 5.82 Å². The zero-order valence-electron chi connectivity index (χ0n) is 9.46. The Hall–Kier alpha value is -1.03. The molecule has 1 aromatic carbocycles. The Bertz CT molecular complexity index is 398. The first-order chi connectivity index (χ1) is 7.58. The fourth-order valence-corrected chi connectivity index (χ4v) is 2.63. The van der Waals surface area contributed by atoms with Crippen LogP contribution in [0, 0.1) is 5.82 Å². The van der Waals surface area contributed by atoms with E-state index in [0.717, 1.165) is 23.0 Å². The second-order valence-electron chi connectivity index (χ2n) is 4.29. The van der Waals surface area contributed by atoms with E-state index in [1.807, 2.05) is 0 Å². The highest BCUT2D eigenvalue weighted by molar-refractivity contribution is 8.14. The molecule has 0 unspecified atom stereocenters. The SMILES string of the molecule is CC(C)(Nc1ccc(F)cc1)C1=NCCS1. The maximum Gasteiger partial charge on any atom is 0.123 e. The van der Waals surface area contributed by atoms with Crippen LogP contribution < -0.4 is 5.32 Å². The number of thioether (sulfide) groups is 1. The van der Waals surface area contributed by atoms with E-state index in [1.54, 1.807) is 23.9 Å². The van der Waals surface area contributed by atoms with E-state index in [4.69, 9.17) is 0 Å². The number of hydrogen-bond donors (Lipinski definition) is 1. The lowest BCUT2D eigenvalue weighted by Gasteiger charge is -2.27. The van der Waals surface area contributed by atoms with Crippen molar-refractivity contribution in [1.82, 2.24) is 0 Å². The third-order valence-corrected chi connectivity index (χ3v) is 3.72. The highest BCUT2D eigenvalue weighted by atomic mass is 32.2. The minimum atomic E-state index is -0.212. The Kier molecular flexibility index (Phi) is 3.19. The number of rotatable bonds is 3. The molecule has 0 amide bonds. The molecule has 16 heavy (non-hydrogen) atoms. The topological polar surface area (TPSA) is 24.4 Å². The first-order valence-electron chi connectivity index (χ1n) is 5.29. The van der Waals surface area contributed by atoms with E-state index in [1.165, 1.54) is 12.1 Å². The van der Waals surface area contributed by atoms with Gasteiger partial charge in [-0.15, -0.1) is 11.8 Å². The second-order valence-corrected chi connectivity index (χ2v) is 5.38. The number of nitrogens with zero attached hydrogens (tertiary/aromatic N) is 1. The monoisotopic (exact) mass is 238 g/mol. The average molecular weight is 238 g/mol. The third kappa shape index (κ3) is 2.55. The summed E-state index contributed by atoms with van der Waals surface area (Å²) in [6.07, 6.45) is 0. The summed E-state index contributed by atoms with van der Waals surface area (Å²) in [4.78, 5) is 4.46. The number of anilines is 1. The Balaban J connectivity index is 2.11. The predicted octanol–water partition coefficient (Wildman–Crippen LogP) is 3.16. The lowest BCUT2D eigenvalue weighted by Crippen LogP contribution is -2.37. The van der Waals surface area contributed by atoms with Gasteiger partial charge in [-0.2, -0.15) is 0 Å². The number of benzene rings is 1. The maximum atomic E-state index is 12.8. The van der Waals surface area contributed by atoms with Gasteiger partial charge in [0.15, 0.2) is 0 Å². The van der Waals surface area contributed by atoms with Crippen LogP contribution in [0.5, 0.6) is 0 Å². The van der Waals surface area contributed by atoms with E-state index < -0.39 is 0 Å². The standard InChI is InChI=1S/C12H15FN2S/c1-12(2,11-14-7-8-16-11)15-10-5-3-9(13)4-6-10/h3-6,15H,7-8H2,1-2H3. The molecule has 0 spiro atoms. The van der Waals surface area contributed by atoms with Crippen molar-refractivity contribution in [3.63, 3.8) is 0 Å². The van der Waals surface area contributed by atoms with Crippen LogP contribution >= 0.6 is 11.8 Å². The summed E-state index contributed by atoms with van der Waals surface area (Å²) in [7, 11) is 0. The van der Waals surface area contributed by atoms with Gasteiger partial charge >= 0.3 is 0 Å². The summed E-state index contributed by atoms with van der Waals surface area (Å²) in [6, 6.07) is 6.42. The van der Waals surface area contributed by atoms with Gasteiger partial charge in [-0.25, -0.2) is 4.39 Å². The number of halogens is 1. The molecule has 4 heteroatoms. The lowest BCUT2D eigenvalue weighted by molar-refractivity contribution is 0.627. The minimum absolute atomic E-state index is 0.182. The highest BCUT2D eigenvalue weighted by Gasteiger charge is 2.27. The summed E-state index contributed by atoms with van der Waals surface area (Å²) in [5.74, 6) is 0.847. The highest BCUT2D eigenvalue weighted by Crippen LogP contribution is 2.25. The minimum Gasteiger partial charge on any atom is -0.374 e. The molecule has 1 aliphatic rings. The van der Waals surface area contributed by atoms with Crippen molar-refractivity contribution < 1.29 is 4.39 Å². The zero-order valence-corrected chi connectivity index (χ0v) is 10.3. The molecule has 86 valence electrons. The molecular formula is C12H15FN2S. The molecule has 1 aliphatic heterocycles. The third-order valence-electron chi connectivity index (χ3n) is 2.42. The second kappa shape index (κ2) is 4.45. The van der Waals surface area contributed by atoms with Crippen molar-refractivity contribution in [3.8, 4) is 0 Å². The Labute approximate surface area is 99.3 Å². The van der Waals surface area contributed by atoms with E-state index in [2.05, 4.69) is 24.2 Å². The number of nitrogens with one attached hydrogen (secondary N) is 1. The summed E-state index contributed by atoms with van der Waals surface area (Å²) in [5.41, 5.74) is 0.737. The molecule has 0 aliphatic carbocycles. The first kappa shape index (κ1) is 11.5. The van der Waals surface area contributed by atoms with Gasteiger partial charge in [-0.3, -0.25) is 4.99 Å². The van der Waals surface area contributed by atoms with Gasteiger partial charge in [0.05, 0.1) is 10.6 Å². The van der Waals surface area contributed by atoms with Gasteiger partial charge in [0.25, 0.3) is 0 Å². The quantitative estimate of drug-likeness (QED) is 0.874. The van der Waals surface area contributed by atoms with Crippen molar-refractivity contribution in [2.24, 2.45) is 4.99 Å². The summed E-state index contributed by atoms with van der Waals surface area (Å²) >= 11 is 1.79. The van der Waals surface area contributed by atoms with E-state index >= 15 is 0 Å². The molecule has 0 saturated carbocycles.